The van der Waals surface area contributed by atoms with Gasteiger partial charge in [-0.3, -0.25) is 0 Å². The van der Waals surface area contributed by atoms with Crippen LogP contribution in [0.1, 0.15) is 17.7 Å². The van der Waals surface area contributed by atoms with E-state index >= 15 is 0 Å². The van der Waals surface area contributed by atoms with Crippen molar-refractivity contribution in [3.63, 3.8) is 0 Å². The third-order valence-corrected chi connectivity index (χ3v) is 4.68. The Labute approximate surface area is 158 Å². The van der Waals surface area contributed by atoms with Crippen LogP contribution in [-0.2, 0) is 11.7 Å². The summed E-state index contributed by atoms with van der Waals surface area (Å²) in [4.78, 5) is 12.8. The third kappa shape index (κ3) is 3.34. The van der Waals surface area contributed by atoms with E-state index in [0.29, 0.717) is 34.5 Å². The van der Waals surface area contributed by atoms with Gasteiger partial charge in [-0.05, 0) is 48.0 Å². The van der Waals surface area contributed by atoms with Gasteiger partial charge in [0.25, 0.3) is 0 Å². The summed E-state index contributed by atoms with van der Waals surface area (Å²) in [6, 6.07) is 10.1. The summed E-state index contributed by atoms with van der Waals surface area (Å²) >= 11 is 0. The number of nitrogen functional groups attached to an aromatic ring is 1. The number of halogens is 3. The molecular weight excluding hydrogens is 367 g/mol. The van der Waals surface area contributed by atoms with E-state index in [0.717, 1.165) is 17.4 Å². The molecule has 4 rings (SSSR count). The Morgan fingerprint density at radius 3 is 2.46 bits per heavy atom. The molecule has 0 bridgehead atoms. The lowest BCUT2D eigenvalue weighted by molar-refractivity contribution is -0.137. The van der Waals surface area contributed by atoms with Crippen LogP contribution >= 0.6 is 0 Å². The van der Waals surface area contributed by atoms with Gasteiger partial charge in [0.1, 0.15) is 12.1 Å². The van der Waals surface area contributed by atoms with Crippen LogP contribution < -0.4 is 22.0 Å². The average Bonchev–Trinajstić information content (AvgIpc) is 2.67. The smallest absolute Gasteiger partial charge is 0.384 e. The number of pyridine rings is 1. The van der Waals surface area contributed by atoms with Gasteiger partial charge in [-0.15, -0.1) is 0 Å². The zero-order valence-electron chi connectivity index (χ0n) is 14.6. The summed E-state index contributed by atoms with van der Waals surface area (Å²) in [6.45, 7) is 0. The summed E-state index contributed by atoms with van der Waals surface area (Å²) in [6.07, 6.45) is 1.23. The molecule has 1 aromatic carbocycles. The van der Waals surface area contributed by atoms with E-state index in [9.17, 15) is 13.2 Å². The van der Waals surface area contributed by atoms with E-state index in [4.69, 9.17) is 11.5 Å². The molecule has 142 valence electrons. The highest BCUT2D eigenvalue weighted by Crippen LogP contribution is 2.31. The van der Waals surface area contributed by atoms with Gasteiger partial charge in [0, 0.05) is 5.56 Å². The van der Waals surface area contributed by atoms with Crippen LogP contribution in [0.4, 0.5) is 19.0 Å². The molecule has 2 heterocycles. The number of fused-ring (bicyclic) bond motifs is 1. The first-order valence-electron chi connectivity index (χ1n) is 8.49. The Morgan fingerprint density at radius 1 is 1.00 bits per heavy atom. The molecule has 0 aliphatic heterocycles. The number of alkyl halides is 3. The number of benzene rings is 1. The van der Waals surface area contributed by atoms with Crippen molar-refractivity contribution in [3.05, 3.63) is 70.6 Å². The Hall–Kier alpha value is -3.26. The predicted octanol–water partition coefficient (Wildman–Crippen LogP) is 1.96. The Bertz CT molecular complexity index is 1160. The fourth-order valence-corrected chi connectivity index (χ4v) is 3.15. The molecular formula is C20H16F3N5. The van der Waals surface area contributed by atoms with Gasteiger partial charge in [0.2, 0.25) is 0 Å². The molecule has 0 amide bonds. The minimum Gasteiger partial charge on any atom is -0.384 e. The molecule has 1 aliphatic rings. The van der Waals surface area contributed by atoms with Crippen molar-refractivity contribution in [3.8, 4) is 11.3 Å². The van der Waals surface area contributed by atoms with Crippen LogP contribution in [0, 0.1) is 0 Å². The first-order valence-corrected chi connectivity index (χ1v) is 8.49. The van der Waals surface area contributed by atoms with Gasteiger partial charge in [-0.1, -0.05) is 18.2 Å². The Kier molecular flexibility index (Phi) is 4.15. The van der Waals surface area contributed by atoms with Gasteiger partial charge in [0.05, 0.1) is 27.8 Å². The van der Waals surface area contributed by atoms with Crippen molar-refractivity contribution >= 4 is 18.0 Å². The second-order valence-corrected chi connectivity index (χ2v) is 6.67. The fraction of sp³-hybridized carbons (Fsp3) is 0.150. The monoisotopic (exact) mass is 383 g/mol. The summed E-state index contributed by atoms with van der Waals surface area (Å²) in [7, 11) is 0. The van der Waals surface area contributed by atoms with Gasteiger partial charge >= 0.3 is 6.18 Å². The number of rotatable bonds is 2. The van der Waals surface area contributed by atoms with Crippen molar-refractivity contribution in [1.29, 1.82) is 0 Å². The molecule has 0 saturated carbocycles. The van der Waals surface area contributed by atoms with Crippen LogP contribution in [-0.4, -0.2) is 15.0 Å². The first kappa shape index (κ1) is 18.1. The Morgan fingerprint density at radius 2 is 1.75 bits per heavy atom. The minimum atomic E-state index is -4.38. The van der Waals surface area contributed by atoms with Gasteiger partial charge in [-0.25, -0.2) is 15.0 Å². The largest absolute Gasteiger partial charge is 0.416 e. The van der Waals surface area contributed by atoms with Crippen molar-refractivity contribution in [2.45, 2.75) is 18.1 Å². The molecule has 8 heteroatoms. The number of anilines is 1. The average molecular weight is 383 g/mol. The molecule has 0 saturated heterocycles. The van der Waals surface area contributed by atoms with Crippen molar-refractivity contribution < 1.29 is 13.2 Å². The molecule has 4 N–H and O–H groups in total. The zero-order valence-corrected chi connectivity index (χ0v) is 14.6. The highest BCUT2D eigenvalue weighted by Gasteiger charge is 2.30. The molecule has 1 aliphatic carbocycles. The molecule has 2 aromatic heterocycles. The summed E-state index contributed by atoms with van der Waals surface area (Å²) in [5, 5.41) is 1.61. The maximum Gasteiger partial charge on any atom is 0.416 e. The molecule has 0 spiro atoms. The maximum absolute atomic E-state index is 12.8. The lowest BCUT2D eigenvalue weighted by Gasteiger charge is -2.26. The normalized spacial score (nSPS) is 18.7. The van der Waals surface area contributed by atoms with E-state index in [1.54, 1.807) is 18.2 Å². The molecule has 1 unspecified atom stereocenters. The molecule has 28 heavy (non-hydrogen) atoms. The van der Waals surface area contributed by atoms with Crippen LogP contribution in [0.5, 0.6) is 0 Å². The van der Waals surface area contributed by atoms with Gasteiger partial charge in [-0.2, -0.15) is 13.2 Å². The van der Waals surface area contributed by atoms with Crippen LogP contribution in [0.3, 0.4) is 0 Å². The number of aromatic nitrogens is 3. The summed E-state index contributed by atoms with van der Waals surface area (Å²) in [5.74, 6) is 0.390. The second kappa shape index (κ2) is 6.42. The molecule has 5 nitrogen and oxygen atoms in total. The first-order chi connectivity index (χ1) is 13.2. The summed E-state index contributed by atoms with van der Waals surface area (Å²) in [5.41, 5.74) is 12.3. The van der Waals surface area contributed by atoms with Gasteiger partial charge < -0.3 is 11.5 Å². The fourth-order valence-electron chi connectivity index (χ4n) is 3.15. The van der Waals surface area contributed by atoms with Crippen molar-refractivity contribution in [1.82, 2.24) is 15.0 Å². The lowest BCUT2D eigenvalue weighted by Crippen LogP contribution is -2.44. The van der Waals surface area contributed by atoms with E-state index in [1.165, 1.54) is 18.5 Å². The van der Waals surface area contributed by atoms with Gasteiger partial charge in [0.15, 0.2) is 0 Å². The maximum atomic E-state index is 12.8. The van der Waals surface area contributed by atoms with E-state index in [2.05, 4.69) is 15.0 Å². The van der Waals surface area contributed by atoms with E-state index < -0.39 is 17.3 Å². The highest BCUT2D eigenvalue weighted by molar-refractivity contribution is 5.61. The second-order valence-electron chi connectivity index (χ2n) is 6.67. The van der Waals surface area contributed by atoms with Crippen molar-refractivity contribution in [2.75, 3.05) is 5.73 Å². The zero-order chi connectivity index (χ0) is 19.9. The summed E-state index contributed by atoms with van der Waals surface area (Å²) < 4.78 is 38.3. The quantitative estimate of drug-likeness (QED) is 0.706. The minimum absolute atomic E-state index is 0.390. The topological polar surface area (TPSA) is 90.7 Å². The highest BCUT2D eigenvalue weighted by atomic mass is 19.4. The number of hydrogen-bond acceptors (Lipinski definition) is 5. The van der Waals surface area contributed by atoms with E-state index in [1.807, 2.05) is 12.1 Å². The molecule has 0 fully saturated rings. The Balaban J connectivity index is 1.73. The number of nitrogens with zero attached hydrogens (tertiary/aromatic N) is 3. The van der Waals surface area contributed by atoms with Crippen LogP contribution in [0.2, 0.25) is 0 Å². The number of nitrogens with two attached hydrogens (primary N) is 2. The third-order valence-electron chi connectivity index (χ3n) is 4.68. The standard InChI is InChI=1S/C20H16F3N5/c21-20(22,23)14-4-1-12(2-5-14)15-9-17(27-11-26-15)19(25)8-7-13-3-6-18(24)28-16(13)10-19/h1-7,9-11H,8,25H2,(H2,24,28). The SMILES string of the molecule is Nc1ccc2c(n1)=CC(N)(c1cc(-c3ccc(C(F)(F)F)cc3)ncn1)CC=2. The molecule has 3 aromatic rings. The van der Waals surface area contributed by atoms with Crippen LogP contribution in [0.25, 0.3) is 23.4 Å². The number of hydrogen-bond donors (Lipinski definition) is 2. The van der Waals surface area contributed by atoms with Crippen molar-refractivity contribution in [2.24, 2.45) is 5.73 Å². The molecule has 1 atom stereocenters. The van der Waals surface area contributed by atoms with Crippen LogP contribution in [0.15, 0.2) is 48.8 Å². The lowest BCUT2D eigenvalue weighted by atomic mass is 9.87. The molecule has 0 radical (unpaired) electrons. The predicted molar refractivity (Wildman–Crippen MR) is 99.8 cm³/mol. The van der Waals surface area contributed by atoms with E-state index in [-0.39, 0.29) is 0 Å².